The first-order valence-electron chi connectivity index (χ1n) is 6.17. The topological polar surface area (TPSA) is 46.5 Å². The normalized spacial score (nSPS) is 23.3. The van der Waals surface area contributed by atoms with Crippen molar-refractivity contribution >= 4 is 5.97 Å². The minimum absolute atomic E-state index is 0.462. The quantitative estimate of drug-likeness (QED) is 0.891. The van der Waals surface area contributed by atoms with Crippen LogP contribution in [0.2, 0.25) is 0 Å². The van der Waals surface area contributed by atoms with Gasteiger partial charge in [-0.2, -0.15) is 0 Å². The number of carbonyl (C=O) groups is 1. The number of methoxy groups -OCH3 is 1. The van der Waals surface area contributed by atoms with Crippen LogP contribution in [0.4, 0.5) is 0 Å². The molecule has 2 rings (SSSR count). The van der Waals surface area contributed by atoms with Crippen LogP contribution >= 0.6 is 0 Å². The van der Waals surface area contributed by atoms with Crippen molar-refractivity contribution in [1.29, 1.82) is 0 Å². The van der Waals surface area contributed by atoms with Crippen molar-refractivity contribution in [3.05, 3.63) is 41.5 Å². The van der Waals surface area contributed by atoms with Crippen molar-refractivity contribution in [3.63, 3.8) is 0 Å². The lowest BCUT2D eigenvalue weighted by atomic mass is 9.69. The lowest BCUT2D eigenvalue weighted by molar-refractivity contribution is -0.133. The van der Waals surface area contributed by atoms with Crippen molar-refractivity contribution in [1.82, 2.24) is 0 Å². The Hall–Kier alpha value is -1.77. The Bertz CT molecular complexity index is 490. The van der Waals surface area contributed by atoms with Gasteiger partial charge in [-0.1, -0.05) is 31.2 Å². The van der Waals surface area contributed by atoms with E-state index in [2.05, 4.69) is 0 Å². The van der Waals surface area contributed by atoms with Gasteiger partial charge in [0.25, 0.3) is 0 Å². The Morgan fingerprint density at radius 2 is 2.11 bits per heavy atom. The van der Waals surface area contributed by atoms with Crippen LogP contribution in [-0.2, 0) is 10.2 Å². The minimum Gasteiger partial charge on any atom is -0.496 e. The van der Waals surface area contributed by atoms with E-state index in [0.717, 1.165) is 30.6 Å². The van der Waals surface area contributed by atoms with Gasteiger partial charge in [0.05, 0.1) is 7.11 Å². The van der Waals surface area contributed by atoms with Crippen LogP contribution in [0.5, 0.6) is 5.75 Å². The molecule has 0 aliphatic heterocycles. The largest absolute Gasteiger partial charge is 0.496 e. The highest BCUT2D eigenvalue weighted by Gasteiger charge is 2.38. The van der Waals surface area contributed by atoms with Crippen LogP contribution in [0.1, 0.15) is 31.7 Å². The number of carboxylic acid groups (broad SMARTS) is 1. The standard InChI is InChI=1S/C15H18O3/c1-15(10-6-5-8-12(15)14(16)17)11-7-3-4-9-13(11)18-2/h3-4,7-9H,5-6,10H2,1-2H3,(H,16,17)/t15-/m0/s1. The fourth-order valence-corrected chi connectivity index (χ4v) is 2.77. The maximum atomic E-state index is 11.4. The van der Waals surface area contributed by atoms with Crippen LogP contribution in [0, 0.1) is 0 Å². The SMILES string of the molecule is COc1ccccc1[C@]1(C)CCCC=C1C(=O)O. The molecule has 1 aromatic rings. The maximum absolute atomic E-state index is 11.4. The van der Waals surface area contributed by atoms with Crippen molar-refractivity contribution < 1.29 is 14.6 Å². The zero-order chi connectivity index (χ0) is 13.2. The van der Waals surface area contributed by atoms with E-state index < -0.39 is 11.4 Å². The van der Waals surface area contributed by atoms with E-state index in [4.69, 9.17) is 4.74 Å². The number of aliphatic carboxylic acids is 1. The van der Waals surface area contributed by atoms with Gasteiger partial charge in [0.1, 0.15) is 5.75 Å². The molecule has 0 aromatic heterocycles. The molecule has 3 heteroatoms. The van der Waals surface area contributed by atoms with Crippen molar-refractivity contribution in [3.8, 4) is 5.75 Å². The molecule has 1 atom stereocenters. The van der Waals surface area contributed by atoms with Gasteiger partial charge in [-0.15, -0.1) is 0 Å². The first-order valence-corrected chi connectivity index (χ1v) is 6.17. The van der Waals surface area contributed by atoms with Gasteiger partial charge in [0.2, 0.25) is 0 Å². The molecule has 1 aliphatic carbocycles. The number of benzene rings is 1. The highest BCUT2D eigenvalue weighted by molar-refractivity contribution is 5.90. The maximum Gasteiger partial charge on any atom is 0.332 e. The summed E-state index contributed by atoms with van der Waals surface area (Å²) in [6.07, 6.45) is 4.53. The van der Waals surface area contributed by atoms with E-state index in [-0.39, 0.29) is 0 Å². The number of ether oxygens (including phenoxy) is 1. The average molecular weight is 246 g/mol. The smallest absolute Gasteiger partial charge is 0.332 e. The Morgan fingerprint density at radius 3 is 2.78 bits per heavy atom. The van der Waals surface area contributed by atoms with Crippen LogP contribution in [0.15, 0.2) is 35.9 Å². The molecule has 1 aliphatic rings. The number of carboxylic acids is 1. The fourth-order valence-electron chi connectivity index (χ4n) is 2.77. The number of allylic oxidation sites excluding steroid dienone is 1. The first kappa shape index (κ1) is 12.7. The van der Waals surface area contributed by atoms with E-state index in [9.17, 15) is 9.90 Å². The molecule has 1 aromatic carbocycles. The third-order valence-electron chi connectivity index (χ3n) is 3.76. The van der Waals surface area contributed by atoms with Gasteiger partial charge in [-0.3, -0.25) is 0 Å². The molecular weight excluding hydrogens is 228 g/mol. The van der Waals surface area contributed by atoms with E-state index >= 15 is 0 Å². The summed E-state index contributed by atoms with van der Waals surface area (Å²) in [6, 6.07) is 7.67. The zero-order valence-electron chi connectivity index (χ0n) is 10.8. The lowest BCUT2D eigenvalue weighted by Gasteiger charge is -2.34. The van der Waals surface area contributed by atoms with Gasteiger partial charge in [0.15, 0.2) is 0 Å². The molecule has 18 heavy (non-hydrogen) atoms. The van der Waals surface area contributed by atoms with Crippen molar-refractivity contribution in [2.24, 2.45) is 0 Å². The summed E-state index contributed by atoms with van der Waals surface area (Å²) in [5.41, 5.74) is 0.982. The molecule has 0 amide bonds. The van der Waals surface area contributed by atoms with Crippen LogP contribution < -0.4 is 4.74 Å². The average Bonchev–Trinajstić information content (AvgIpc) is 2.38. The number of hydrogen-bond acceptors (Lipinski definition) is 2. The van der Waals surface area contributed by atoms with Gasteiger partial charge in [-0.25, -0.2) is 4.79 Å². The zero-order valence-corrected chi connectivity index (χ0v) is 10.8. The fraction of sp³-hybridized carbons (Fsp3) is 0.400. The van der Waals surface area contributed by atoms with E-state index in [1.807, 2.05) is 37.3 Å². The van der Waals surface area contributed by atoms with Crippen LogP contribution in [-0.4, -0.2) is 18.2 Å². The predicted molar refractivity (Wildman–Crippen MR) is 69.9 cm³/mol. The molecule has 0 spiro atoms. The second-order valence-corrected chi connectivity index (χ2v) is 4.85. The first-order chi connectivity index (χ1) is 8.59. The second kappa shape index (κ2) is 4.84. The van der Waals surface area contributed by atoms with Crippen molar-refractivity contribution in [2.75, 3.05) is 7.11 Å². The molecule has 0 unspecified atom stereocenters. The van der Waals surface area contributed by atoms with E-state index in [1.165, 1.54) is 0 Å². The summed E-state index contributed by atoms with van der Waals surface area (Å²) in [4.78, 5) is 11.4. The summed E-state index contributed by atoms with van der Waals surface area (Å²) in [6.45, 7) is 1.99. The van der Waals surface area contributed by atoms with Gasteiger partial charge >= 0.3 is 5.97 Å². The number of hydrogen-bond donors (Lipinski definition) is 1. The molecule has 3 nitrogen and oxygen atoms in total. The minimum atomic E-state index is -0.830. The Kier molecular flexibility index (Phi) is 3.41. The van der Waals surface area contributed by atoms with Gasteiger partial charge in [-0.05, 0) is 25.3 Å². The molecule has 0 fully saturated rings. The Labute approximate surface area is 107 Å². The molecule has 1 N–H and O–H groups in total. The third kappa shape index (κ3) is 2.01. The Balaban J connectivity index is 2.55. The lowest BCUT2D eigenvalue weighted by Crippen LogP contribution is -2.31. The van der Waals surface area contributed by atoms with Crippen LogP contribution in [0.3, 0.4) is 0 Å². The molecule has 96 valence electrons. The summed E-state index contributed by atoms with van der Waals surface area (Å²) >= 11 is 0. The highest BCUT2D eigenvalue weighted by Crippen LogP contribution is 2.44. The van der Waals surface area contributed by atoms with Crippen molar-refractivity contribution in [2.45, 2.75) is 31.6 Å². The predicted octanol–water partition coefficient (Wildman–Crippen LogP) is 3.15. The Morgan fingerprint density at radius 1 is 1.39 bits per heavy atom. The molecule has 0 radical (unpaired) electrons. The summed E-state index contributed by atoms with van der Waals surface area (Å²) in [5, 5.41) is 9.39. The van der Waals surface area contributed by atoms with Gasteiger partial charge in [0, 0.05) is 16.6 Å². The highest BCUT2D eigenvalue weighted by atomic mass is 16.5. The molecule has 0 bridgehead atoms. The second-order valence-electron chi connectivity index (χ2n) is 4.85. The van der Waals surface area contributed by atoms with Crippen LogP contribution in [0.25, 0.3) is 0 Å². The number of rotatable bonds is 3. The van der Waals surface area contributed by atoms with E-state index in [1.54, 1.807) is 7.11 Å². The molecular formula is C15H18O3. The molecule has 0 saturated carbocycles. The number of para-hydroxylation sites is 1. The van der Waals surface area contributed by atoms with Gasteiger partial charge < -0.3 is 9.84 Å². The monoisotopic (exact) mass is 246 g/mol. The molecule has 0 saturated heterocycles. The summed E-state index contributed by atoms with van der Waals surface area (Å²) in [7, 11) is 1.62. The summed E-state index contributed by atoms with van der Waals surface area (Å²) in [5.74, 6) is -0.0721. The molecule has 0 heterocycles. The third-order valence-corrected chi connectivity index (χ3v) is 3.76. The summed E-state index contributed by atoms with van der Waals surface area (Å²) < 4.78 is 5.37. The van der Waals surface area contributed by atoms with E-state index in [0.29, 0.717) is 5.57 Å².